The van der Waals surface area contributed by atoms with E-state index in [9.17, 15) is 4.79 Å². The highest BCUT2D eigenvalue weighted by Gasteiger charge is 2.42. The summed E-state index contributed by atoms with van der Waals surface area (Å²) in [5, 5.41) is 0.595. The molecule has 22 heavy (non-hydrogen) atoms. The summed E-state index contributed by atoms with van der Waals surface area (Å²) >= 11 is 6.07. The standard InChI is InChI=1S/C15H15ClN4O2/c1-9-12(18-8-17-9)6-19-5-11-7-22-14-3-2-10(16)4-13(14)20(11)15(19)21/h2-4,8,11H,5-7H2,1H3,(H,17,18). The largest absolute Gasteiger partial charge is 0.489 e. The van der Waals surface area contributed by atoms with Gasteiger partial charge in [-0.15, -0.1) is 0 Å². The molecule has 2 aliphatic rings. The van der Waals surface area contributed by atoms with Gasteiger partial charge in [-0.05, 0) is 25.1 Å². The SMILES string of the molecule is Cc1[nH]cnc1CN1CC2COc3ccc(Cl)cc3N2C1=O. The fraction of sp³-hybridized carbons (Fsp3) is 0.333. The minimum atomic E-state index is -0.0285. The van der Waals surface area contributed by atoms with Crippen molar-refractivity contribution in [3.8, 4) is 5.75 Å². The minimum Gasteiger partial charge on any atom is -0.489 e. The number of urea groups is 1. The molecule has 3 heterocycles. The number of nitrogens with zero attached hydrogens (tertiary/aromatic N) is 3. The van der Waals surface area contributed by atoms with Crippen molar-refractivity contribution < 1.29 is 9.53 Å². The first-order chi connectivity index (χ1) is 10.6. The van der Waals surface area contributed by atoms with Crippen LogP contribution in [0.4, 0.5) is 10.5 Å². The summed E-state index contributed by atoms with van der Waals surface area (Å²) < 4.78 is 5.75. The van der Waals surface area contributed by atoms with Crippen molar-refractivity contribution in [2.75, 3.05) is 18.1 Å². The third-order valence-corrected chi connectivity index (χ3v) is 4.39. The van der Waals surface area contributed by atoms with Crippen molar-refractivity contribution in [1.82, 2.24) is 14.9 Å². The predicted octanol–water partition coefficient (Wildman–Crippen LogP) is 2.57. The van der Waals surface area contributed by atoms with Crippen molar-refractivity contribution in [3.05, 3.63) is 40.9 Å². The van der Waals surface area contributed by atoms with Gasteiger partial charge in [0.05, 0.1) is 30.3 Å². The summed E-state index contributed by atoms with van der Waals surface area (Å²) in [6, 6.07) is 5.34. The van der Waals surface area contributed by atoms with Gasteiger partial charge >= 0.3 is 6.03 Å². The molecule has 114 valence electrons. The van der Waals surface area contributed by atoms with Crippen LogP contribution in [0.15, 0.2) is 24.5 Å². The molecular formula is C15H15ClN4O2. The molecule has 0 aliphatic carbocycles. The summed E-state index contributed by atoms with van der Waals surface area (Å²) in [5.41, 5.74) is 2.62. The molecule has 1 unspecified atom stereocenters. The number of aromatic amines is 1. The van der Waals surface area contributed by atoms with Gasteiger partial charge < -0.3 is 14.6 Å². The quantitative estimate of drug-likeness (QED) is 0.925. The van der Waals surface area contributed by atoms with Crippen LogP contribution in [-0.4, -0.2) is 40.1 Å². The highest BCUT2D eigenvalue weighted by molar-refractivity contribution is 6.31. The molecule has 2 amide bonds. The van der Waals surface area contributed by atoms with E-state index in [0.717, 1.165) is 17.1 Å². The van der Waals surface area contributed by atoms with Gasteiger partial charge in [0.25, 0.3) is 0 Å². The predicted molar refractivity (Wildman–Crippen MR) is 82.3 cm³/mol. The second kappa shape index (κ2) is 4.91. The molecule has 7 heteroatoms. The third-order valence-electron chi connectivity index (χ3n) is 4.16. The van der Waals surface area contributed by atoms with Crippen LogP contribution in [0.2, 0.25) is 5.02 Å². The monoisotopic (exact) mass is 318 g/mol. The van der Waals surface area contributed by atoms with Crippen LogP contribution >= 0.6 is 11.6 Å². The van der Waals surface area contributed by atoms with E-state index >= 15 is 0 Å². The number of carbonyl (C=O) groups is 1. The Morgan fingerprint density at radius 3 is 3.14 bits per heavy atom. The number of ether oxygens (including phenoxy) is 1. The Hall–Kier alpha value is -2.21. The number of hydrogen-bond acceptors (Lipinski definition) is 3. The van der Waals surface area contributed by atoms with E-state index in [-0.39, 0.29) is 12.1 Å². The van der Waals surface area contributed by atoms with Crippen LogP contribution in [0, 0.1) is 6.92 Å². The van der Waals surface area contributed by atoms with E-state index in [1.807, 2.05) is 13.0 Å². The molecule has 1 aromatic heterocycles. The van der Waals surface area contributed by atoms with E-state index in [0.29, 0.717) is 30.5 Å². The Morgan fingerprint density at radius 2 is 2.36 bits per heavy atom. The zero-order chi connectivity index (χ0) is 15.3. The van der Waals surface area contributed by atoms with Crippen LogP contribution < -0.4 is 9.64 Å². The number of H-pyrrole nitrogens is 1. The lowest BCUT2D eigenvalue weighted by atomic mass is 10.2. The second-order valence-corrected chi connectivity index (χ2v) is 6.02. The number of anilines is 1. The first-order valence-electron chi connectivity index (χ1n) is 7.13. The summed E-state index contributed by atoms with van der Waals surface area (Å²) in [6.45, 7) is 3.57. The van der Waals surface area contributed by atoms with E-state index in [4.69, 9.17) is 16.3 Å². The van der Waals surface area contributed by atoms with E-state index in [2.05, 4.69) is 9.97 Å². The van der Waals surface area contributed by atoms with Crippen molar-refractivity contribution in [2.24, 2.45) is 0 Å². The number of imidazole rings is 1. The minimum absolute atomic E-state index is 0.0118. The highest BCUT2D eigenvalue weighted by atomic mass is 35.5. The highest BCUT2D eigenvalue weighted by Crippen LogP contribution is 2.39. The van der Waals surface area contributed by atoms with Crippen molar-refractivity contribution >= 4 is 23.3 Å². The van der Waals surface area contributed by atoms with Crippen molar-refractivity contribution in [3.63, 3.8) is 0 Å². The van der Waals surface area contributed by atoms with Gasteiger partial charge in [0.2, 0.25) is 0 Å². The van der Waals surface area contributed by atoms with Gasteiger partial charge in [0, 0.05) is 17.3 Å². The molecule has 4 rings (SSSR count). The Balaban J connectivity index is 1.64. The number of rotatable bonds is 2. The molecule has 1 fully saturated rings. The van der Waals surface area contributed by atoms with Crippen LogP contribution in [0.5, 0.6) is 5.75 Å². The van der Waals surface area contributed by atoms with Crippen LogP contribution in [0.1, 0.15) is 11.4 Å². The van der Waals surface area contributed by atoms with Crippen molar-refractivity contribution in [2.45, 2.75) is 19.5 Å². The second-order valence-electron chi connectivity index (χ2n) is 5.58. The maximum Gasteiger partial charge on any atom is 0.325 e. The van der Waals surface area contributed by atoms with Gasteiger partial charge in [0.1, 0.15) is 12.4 Å². The van der Waals surface area contributed by atoms with Crippen LogP contribution in [0.25, 0.3) is 0 Å². The number of benzene rings is 1. The number of aromatic nitrogens is 2. The lowest BCUT2D eigenvalue weighted by molar-refractivity contribution is 0.218. The molecule has 0 spiro atoms. The summed E-state index contributed by atoms with van der Waals surface area (Å²) in [7, 11) is 0. The summed E-state index contributed by atoms with van der Waals surface area (Å²) in [4.78, 5) is 23.7. The zero-order valence-corrected chi connectivity index (χ0v) is 12.8. The van der Waals surface area contributed by atoms with E-state index in [1.165, 1.54) is 0 Å². The van der Waals surface area contributed by atoms with Gasteiger partial charge in [0.15, 0.2) is 0 Å². The number of fused-ring (bicyclic) bond motifs is 3. The number of carbonyl (C=O) groups excluding carboxylic acids is 1. The third kappa shape index (κ3) is 2.02. The van der Waals surface area contributed by atoms with E-state index in [1.54, 1.807) is 28.3 Å². The molecule has 1 aromatic carbocycles. The smallest absolute Gasteiger partial charge is 0.325 e. The lowest BCUT2D eigenvalue weighted by Gasteiger charge is -2.30. The molecule has 1 saturated heterocycles. The molecule has 0 radical (unpaired) electrons. The first-order valence-corrected chi connectivity index (χ1v) is 7.50. The number of nitrogens with one attached hydrogen (secondary N) is 1. The normalized spacial score (nSPS) is 19.9. The molecule has 2 aliphatic heterocycles. The Bertz CT molecular complexity index is 745. The Kier molecular flexibility index (Phi) is 3.00. The van der Waals surface area contributed by atoms with Crippen LogP contribution in [0.3, 0.4) is 0 Å². The van der Waals surface area contributed by atoms with Crippen molar-refractivity contribution in [1.29, 1.82) is 0 Å². The Morgan fingerprint density at radius 1 is 1.50 bits per heavy atom. The fourth-order valence-electron chi connectivity index (χ4n) is 3.00. The fourth-order valence-corrected chi connectivity index (χ4v) is 3.16. The van der Waals surface area contributed by atoms with Gasteiger partial charge in [-0.1, -0.05) is 11.6 Å². The maximum atomic E-state index is 12.8. The van der Waals surface area contributed by atoms with Gasteiger partial charge in [-0.3, -0.25) is 4.90 Å². The first kappa shape index (κ1) is 13.5. The molecule has 1 N–H and O–H groups in total. The van der Waals surface area contributed by atoms with Gasteiger partial charge in [-0.25, -0.2) is 9.78 Å². The molecule has 0 bridgehead atoms. The van der Waals surface area contributed by atoms with Crippen LogP contribution in [-0.2, 0) is 6.54 Å². The summed E-state index contributed by atoms with van der Waals surface area (Å²) in [5.74, 6) is 0.701. The average Bonchev–Trinajstić information content (AvgIpc) is 3.04. The topological polar surface area (TPSA) is 61.5 Å². The molecule has 2 aromatic rings. The number of amides is 2. The number of aryl methyl sites for hydroxylation is 1. The summed E-state index contributed by atoms with van der Waals surface area (Å²) in [6.07, 6.45) is 1.65. The Labute approximate surface area is 132 Å². The van der Waals surface area contributed by atoms with E-state index < -0.39 is 0 Å². The lowest BCUT2D eigenvalue weighted by Crippen LogP contribution is -2.41. The average molecular weight is 319 g/mol. The number of halogens is 1. The maximum absolute atomic E-state index is 12.8. The molecule has 0 saturated carbocycles. The molecule has 1 atom stereocenters. The zero-order valence-electron chi connectivity index (χ0n) is 12.0. The van der Waals surface area contributed by atoms with Gasteiger partial charge in [-0.2, -0.15) is 0 Å². The molecular weight excluding hydrogens is 304 g/mol. The number of hydrogen-bond donors (Lipinski definition) is 1. The molecule has 6 nitrogen and oxygen atoms in total.